The van der Waals surface area contributed by atoms with E-state index in [1.807, 2.05) is 25.3 Å². The number of aromatic nitrogens is 3. The van der Waals surface area contributed by atoms with Crippen LogP contribution in [0.1, 0.15) is 18.4 Å². The maximum absolute atomic E-state index is 11.6. The van der Waals surface area contributed by atoms with E-state index in [1.165, 1.54) is 0 Å². The molecule has 6 nitrogen and oxygen atoms in total. The van der Waals surface area contributed by atoms with Crippen LogP contribution in [0.15, 0.2) is 18.3 Å². The van der Waals surface area contributed by atoms with Gasteiger partial charge in [-0.2, -0.15) is 4.98 Å². The number of amides is 1. The van der Waals surface area contributed by atoms with E-state index in [0.717, 1.165) is 30.6 Å². The third-order valence-corrected chi connectivity index (χ3v) is 3.08. The van der Waals surface area contributed by atoms with E-state index in [0.29, 0.717) is 5.95 Å². The molecule has 1 aliphatic rings. The van der Waals surface area contributed by atoms with Crippen molar-refractivity contribution in [2.75, 3.05) is 11.9 Å². The minimum atomic E-state index is -0.225. The van der Waals surface area contributed by atoms with Gasteiger partial charge in [-0.1, -0.05) is 0 Å². The van der Waals surface area contributed by atoms with Crippen molar-refractivity contribution >= 4 is 17.5 Å². The first-order valence-electron chi connectivity index (χ1n) is 6.10. The lowest BCUT2D eigenvalue weighted by molar-refractivity contribution is -0.123. The Bertz CT molecular complexity index is 591. The number of carbonyl (C=O) groups is 1. The maximum Gasteiger partial charge on any atom is 0.243 e. The number of rotatable bonds is 2. The predicted molar refractivity (Wildman–Crippen MR) is 67.4 cm³/mol. The Hall–Kier alpha value is -2.11. The van der Waals surface area contributed by atoms with Crippen LogP contribution in [0.2, 0.25) is 0 Å². The van der Waals surface area contributed by atoms with Crippen molar-refractivity contribution in [3.63, 3.8) is 0 Å². The molecule has 1 saturated heterocycles. The number of hydrogen-bond acceptors (Lipinski definition) is 4. The summed E-state index contributed by atoms with van der Waals surface area (Å²) in [4.78, 5) is 16.0. The molecule has 1 amide bonds. The van der Waals surface area contributed by atoms with Crippen molar-refractivity contribution in [1.82, 2.24) is 19.9 Å². The Labute approximate surface area is 104 Å². The molecular formula is C12H15N5O. The quantitative estimate of drug-likeness (QED) is 0.818. The molecule has 2 N–H and O–H groups in total. The molecule has 0 spiro atoms. The third-order valence-electron chi connectivity index (χ3n) is 3.08. The summed E-state index contributed by atoms with van der Waals surface area (Å²) in [5.41, 5.74) is 1.92. The van der Waals surface area contributed by atoms with E-state index in [-0.39, 0.29) is 11.9 Å². The molecule has 3 rings (SSSR count). The van der Waals surface area contributed by atoms with Gasteiger partial charge in [0.05, 0.1) is 0 Å². The summed E-state index contributed by atoms with van der Waals surface area (Å²) in [5, 5.41) is 10.2. The fourth-order valence-corrected chi connectivity index (χ4v) is 2.11. The molecule has 1 aliphatic heterocycles. The first kappa shape index (κ1) is 11.0. The number of anilines is 1. The average molecular weight is 245 g/mol. The van der Waals surface area contributed by atoms with Gasteiger partial charge in [-0.05, 0) is 37.5 Å². The van der Waals surface area contributed by atoms with E-state index in [1.54, 1.807) is 4.52 Å². The number of piperidine rings is 1. The molecule has 6 heteroatoms. The van der Waals surface area contributed by atoms with Crippen LogP contribution in [0.25, 0.3) is 5.65 Å². The van der Waals surface area contributed by atoms with Crippen LogP contribution in [-0.2, 0) is 4.79 Å². The van der Waals surface area contributed by atoms with Gasteiger partial charge in [0.25, 0.3) is 0 Å². The van der Waals surface area contributed by atoms with Crippen molar-refractivity contribution in [2.45, 2.75) is 25.8 Å². The van der Waals surface area contributed by atoms with Gasteiger partial charge in [-0.15, -0.1) is 5.10 Å². The van der Waals surface area contributed by atoms with Crippen LogP contribution in [0.3, 0.4) is 0 Å². The van der Waals surface area contributed by atoms with Crippen molar-refractivity contribution in [1.29, 1.82) is 0 Å². The Balaban J connectivity index is 1.84. The van der Waals surface area contributed by atoms with Crippen LogP contribution in [0, 0.1) is 6.92 Å². The predicted octanol–water partition coefficient (Wildman–Crippen LogP) is 0.728. The van der Waals surface area contributed by atoms with Gasteiger partial charge in [0.1, 0.15) is 6.04 Å². The Morgan fingerprint density at radius 1 is 1.56 bits per heavy atom. The van der Waals surface area contributed by atoms with E-state index in [9.17, 15) is 4.79 Å². The van der Waals surface area contributed by atoms with Gasteiger partial charge in [0, 0.05) is 12.7 Å². The highest BCUT2D eigenvalue weighted by molar-refractivity contribution is 5.84. The highest BCUT2D eigenvalue weighted by Gasteiger charge is 2.22. The highest BCUT2D eigenvalue weighted by atomic mass is 16.2. The molecule has 2 aromatic heterocycles. The number of pyridine rings is 1. The number of carbonyl (C=O) groups excluding carboxylic acids is 1. The minimum absolute atomic E-state index is 0.0243. The van der Waals surface area contributed by atoms with E-state index >= 15 is 0 Å². The second-order valence-electron chi connectivity index (χ2n) is 4.57. The molecule has 1 fully saturated rings. The highest BCUT2D eigenvalue weighted by Crippen LogP contribution is 2.12. The number of nitrogens with zero attached hydrogens (tertiary/aromatic N) is 3. The number of aryl methyl sites for hydroxylation is 1. The van der Waals surface area contributed by atoms with Crippen molar-refractivity contribution in [3.8, 4) is 0 Å². The molecule has 18 heavy (non-hydrogen) atoms. The van der Waals surface area contributed by atoms with Crippen molar-refractivity contribution in [3.05, 3.63) is 23.9 Å². The zero-order valence-corrected chi connectivity index (χ0v) is 10.2. The first-order valence-corrected chi connectivity index (χ1v) is 6.10. The molecular weight excluding hydrogens is 230 g/mol. The molecule has 94 valence electrons. The standard InChI is InChI=1S/C12H15N5O/c1-8-4-6-17-10(7-8)15-12(16-17)14-9-3-2-5-13-11(9)18/h4,6-7,9H,2-3,5H2,1H3,(H,13,18)(H,14,16). The second-order valence-corrected chi connectivity index (χ2v) is 4.57. The molecule has 0 radical (unpaired) electrons. The SMILES string of the molecule is Cc1ccn2nc(NC3CCCNC3=O)nc2c1. The fourth-order valence-electron chi connectivity index (χ4n) is 2.11. The van der Waals surface area contributed by atoms with Crippen LogP contribution in [0.5, 0.6) is 0 Å². The monoisotopic (exact) mass is 245 g/mol. The van der Waals surface area contributed by atoms with Crippen LogP contribution in [0.4, 0.5) is 5.95 Å². The third kappa shape index (κ3) is 2.01. The van der Waals surface area contributed by atoms with Crippen LogP contribution in [-0.4, -0.2) is 33.1 Å². The molecule has 0 aromatic carbocycles. The van der Waals surface area contributed by atoms with Crippen molar-refractivity contribution in [2.24, 2.45) is 0 Å². The van der Waals surface area contributed by atoms with E-state index in [2.05, 4.69) is 20.7 Å². The maximum atomic E-state index is 11.6. The summed E-state index contributed by atoms with van der Waals surface area (Å²) in [7, 11) is 0. The minimum Gasteiger partial charge on any atom is -0.354 e. The molecule has 0 aliphatic carbocycles. The van der Waals surface area contributed by atoms with Crippen molar-refractivity contribution < 1.29 is 4.79 Å². The van der Waals surface area contributed by atoms with Gasteiger partial charge in [-0.25, -0.2) is 4.52 Å². The zero-order valence-electron chi connectivity index (χ0n) is 10.2. The lowest BCUT2D eigenvalue weighted by atomic mass is 10.1. The largest absolute Gasteiger partial charge is 0.354 e. The van der Waals surface area contributed by atoms with Crippen LogP contribution < -0.4 is 10.6 Å². The topological polar surface area (TPSA) is 71.3 Å². The smallest absolute Gasteiger partial charge is 0.243 e. The summed E-state index contributed by atoms with van der Waals surface area (Å²) < 4.78 is 1.70. The molecule has 1 unspecified atom stereocenters. The van der Waals surface area contributed by atoms with Gasteiger partial charge < -0.3 is 10.6 Å². The fraction of sp³-hybridized carbons (Fsp3) is 0.417. The Kier molecular flexibility index (Phi) is 2.62. The average Bonchev–Trinajstić information content (AvgIpc) is 2.73. The molecule has 0 bridgehead atoms. The first-order chi connectivity index (χ1) is 8.72. The second kappa shape index (κ2) is 4.29. The van der Waals surface area contributed by atoms with Gasteiger partial charge >= 0.3 is 0 Å². The summed E-state index contributed by atoms with van der Waals surface area (Å²) >= 11 is 0. The Morgan fingerprint density at radius 2 is 2.44 bits per heavy atom. The van der Waals surface area contributed by atoms with Crippen LogP contribution >= 0.6 is 0 Å². The lowest BCUT2D eigenvalue weighted by Crippen LogP contribution is -2.44. The number of nitrogens with one attached hydrogen (secondary N) is 2. The molecule has 3 heterocycles. The summed E-state index contributed by atoms with van der Waals surface area (Å²) in [6.45, 7) is 2.77. The van der Waals surface area contributed by atoms with Gasteiger partial charge in [0.2, 0.25) is 11.9 Å². The summed E-state index contributed by atoms with van der Waals surface area (Å²) in [6.07, 6.45) is 3.67. The van der Waals surface area contributed by atoms with Gasteiger partial charge in [0.15, 0.2) is 5.65 Å². The number of hydrogen-bond donors (Lipinski definition) is 2. The van der Waals surface area contributed by atoms with E-state index < -0.39 is 0 Å². The molecule has 2 aromatic rings. The van der Waals surface area contributed by atoms with Gasteiger partial charge in [-0.3, -0.25) is 4.79 Å². The summed E-state index contributed by atoms with van der Waals surface area (Å²) in [6, 6.07) is 3.70. The Morgan fingerprint density at radius 3 is 3.28 bits per heavy atom. The molecule has 1 atom stereocenters. The zero-order chi connectivity index (χ0) is 12.5. The normalized spacial score (nSPS) is 19.8. The van der Waals surface area contributed by atoms with E-state index in [4.69, 9.17) is 0 Å². The number of fused-ring (bicyclic) bond motifs is 1. The summed E-state index contributed by atoms with van der Waals surface area (Å²) in [5.74, 6) is 0.527. The lowest BCUT2D eigenvalue weighted by Gasteiger charge is -2.21. The molecule has 0 saturated carbocycles.